The smallest absolute Gasteiger partial charge is 0.222 e. The number of piperidine rings is 1. The summed E-state index contributed by atoms with van der Waals surface area (Å²) in [5.74, 6) is 1.44. The van der Waals surface area contributed by atoms with E-state index in [1.807, 2.05) is 24.9 Å². The van der Waals surface area contributed by atoms with Gasteiger partial charge in [0.05, 0.1) is 5.92 Å². The van der Waals surface area contributed by atoms with Crippen molar-refractivity contribution in [2.24, 2.45) is 16.6 Å². The fourth-order valence-electron chi connectivity index (χ4n) is 4.11. The molecule has 7 nitrogen and oxygen atoms in total. The summed E-state index contributed by atoms with van der Waals surface area (Å²) in [5, 5.41) is 7.73. The van der Waals surface area contributed by atoms with Crippen LogP contribution in [0.5, 0.6) is 0 Å². The Morgan fingerprint density at radius 2 is 2.29 bits per heavy atom. The second-order valence-corrected chi connectivity index (χ2v) is 8.75. The Bertz CT molecular complexity index is 697. The number of hydrogen-bond acceptors (Lipinski definition) is 5. The molecule has 1 aromatic rings. The number of nitrogens with two attached hydrogens (primary N) is 1. The molecule has 2 fully saturated rings. The van der Waals surface area contributed by atoms with E-state index in [0.29, 0.717) is 19.1 Å². The lowest BCUT2D eigenvalue weighted by Gasteiger charge is -2.33. The van der Waals surface area contributed by atoms with Crippen molar-refractivity contribution >= 4 is 29.4 Å². The molecule has 2 aliphatic rings. The van der Waals surface area contributed by atoms with Gasteiger partial charge >= 0.3 is 0 Å². The summed E-state index contributed by atoms with van der Waals surface area (Å²) in [5.41, 5.74) is 6.64. The fraction of sp³-hybridized carbons (Fsp3) is 0.650. The maximum absolute atomic E-state index is 11.6. The third kappa shape index (κ3) is 5.31. The van der Waals surface area contributed by atoms with Crippen molar-refractivity contribution in [2.45, 2.75) is 49.9 Å². The number of pyridine rings is 1. The van der Waals surface area contributed by atoms with Crippen molar-refractivity contribution in [3.8, 4) is 0 Å². The first-order valence-electron chi connectivity index (χ1n) is 10.1. The number of aliphatic imine (C=N–C) groups is 1. The van der Waals surface area contributed by atoms with Crippen molar-refractivity contribution in [2.75, 3.05) is 31.3 Å². The predicted molar refractivity (Wildman–Crippen MR) is 117 cm³/mol. The summed E-state index contributed by atoms with van der Waals surface area (Å²) in [7, 11) is 1.81. The minimum atomic E-state index is -0.218. The van der Waals surface area contributed by atoms with Crippen LogP contribution in [0.3, 0.4) is 0 Å². The third-order valence-corrected chi connectivity index (χ3v) is 6.81. The Labute approximate surface area is 171 Å². The molecular weight excluding hydrogens is 372 g/mol. The van der Waals surface area contributed by atoms with Gasteiger partial charge in [-0.15, -0.1) is 0 Å². The first kappa shape index (κ1) is 20.8. The lowest BCUT2D eigenvalue weighted by Crippen LogP contribution is -2.43. The lowest BCUT2D eigenvalue weighted by molar-refractivity contribution is -0.122. The average Bonchev–Trinajstić information content (AvgIpc) is 3.19. The number of carbonyl (C=O) groups excluding carboxylic acids is 1. The molecule has 1 saturated carbocycles. The van der Waals surface area contributed by atoms with Gasteiger partial charge in [-0.25, -0.2) is 4.98 Å². The summed E-state index contributed by atoms with van der Waals surface area (Å²) in [6.07, 6.45) is 9.45. The zero-order chi connectivity index (χ0) is 19.9. The summed E-state index contributed by atoms with van der Waals surface area (Å²) in [6, 6.07) is 4.51. The molecule has 1 aliphatic heterocycles. The van der Waals surface area contributed by atoms with E-state index >= 15 is 0 Å². The molecule has 2 heterocycles. The van der Waals surface area contributed by atoms with Crippen LogP contribution in [-0.2, 0) is 11.3 Å². The Kier molecular flexibility index (Phi) is 7.42. The number of nitrogens with one attached hydrogen (secondary N) is 2. The molecule has 154 valence electrons. The van der Waals surface area contributed by atoms with E-state index in [2.05, 4.69) is 37.8 Å². The molecule has 1 aliphatic carbocycles. The SMILES string of the molecule is CN=C(NCc1cccnc1N1CCCC(C(N)=O)C1)NC1CCC(SC)C1. The number of anilines is 1. The Hall–Kier alpha value is -1.96. The van der Waals surface area contributed by atoms with Gasteiger partial charge in [0.25, 0.3) is 0 Å². The van der Waals surface area contributed by atoms with Crippen LogP contribution < -0.4 is 21.3 Å². The van der Waals surface area contributed by atoms with Crippen molar-refractivity contribution in [3.63, 3.8) is 0 Å². The molecule has 1 aromatic heterocycles. The molecule has 1 saturated heterocycles. The maximum atomic E-state index is 11.6. The zero-order valence-electron chi connectivity index (χ0n) is 16.9. The summed E-state index contributed by atoms with van der Waals surface area (Å²) >= 11 is 1.95. The standard InChI is InChI=1S/C20H32N6OS/c1-22-20(25-16-7-8-17(11-16)28-2)24-12-14-5-3-9-23-19(14)26-10-4-6-15(13-26)18(21)27/h3,5,9,15-17H,4,6-8,10-13H2,1-2H3,(H2,21,27)(H2,22,24,25). The van der Waals surface area contributed by atoms with E-state index in [4.69, 9.17) is 5.73 Å². The average molecular weight is 405 g/mol. The molecule has 1 amide bonds. The first-order valence-corrected chi connectivity index (χ1v) is 11.4. The number of aromatic nitrogens is 1. The summed E-state index contributed by atoms with van der Waals surface area (Å²) in [4.78, 5) is 22.8. The predicted octanol–water partition coefficient (Wildman–Crippen LogP) is 1.73. The third-order valence-electron chi connectivity index (χ3n) is 5.72. The largest absolute Gasteiger partial charge is 0.369 e. The first-order chi connectivity index (χ1) is 13.6. The lowest BCUT2D eigenvalue weighted by atomic mass is 9.97. The van der Waals surface area contributed by atoms with E-state index in [9.17, 15) is 4.79 Å². The van der Waals surface area contributed by atoms with Crippen LogP contribution in [0.15, 0.2) is 23.3 Å². The molecule has 0 bridgehead atoms. The highest BCUT2D eigenvalue weighted by Crippen LogP contribution is 2.28. The Morgan fingerprint density at radius 3 is 3.00 bits per heavy atom. The van der Waals surface area contributed by atoms with Crippen LogP contribution in [0.4, 0.5) is 5.82 Å². The van der Waals surface area contributed by atoms with E-state index < -0.39 is 0 Å². The molecule has 0 spiro atoms. The number of hydrogen-bond donors (Lipinski definition) is 3. The van der Waals surface area contributed by atoms with Gasteiger partial charge in [0.2, 0.25) is 5.91 Å². The Morgan fingerprint density at radius 1 is 1.43 bits per heavy atom. The number of amides is 1. The maximum Gasteiger partial charge on any atom is 0.222 e. The van der Waals surface area contributed by atoms with Crippen LogP contribution in [0.2, 0.25) is 0 Å². The zero-order valence-corrected chi connectivity index (χ0v) is 17.7. The second kappa shape index (κ2) is 10.0. The van der Waals surface area contributed by atoms with Crippen molar-refractivity contribution in [1.29, 1.82) is 0 Å². The number of nitrogens with zero attached hydrogens (tertiary/aromatic N) is 3. The normalized spacial score (nSPS) is 25.6. The van der Waals surface area contributed by atoms with Crippen molar-refractivity contribution in [1.82, 2.24) is 15.6 Å². The van der Waals surface area contributed by atoms with Gasteiger partial charge in [0.1, 0.15) is 5.82 Å². The van der Waals surface area contributed by atoms with Crippen LogP contribution in [-0.4, -0.2) is 54.5 Å². The number of guanidine groups is 1. The topological polar surface area (TPSA) is 95.6 Å². The van der Waals surface area contributed by atoms with E-state index in [0.717, 1.165) is 42.0 Å². The molecule has 3 unspecified atom stereocenters. The summed E-state index contributed by atoms with van der Waals surface area (Å²) < 4.78 is 0. The van der Waals surface area contributed by atoms with Gasteiger partial charge in [0.15, 0.2) is 5.96 Å². The molecule has 0 radical (unpaired) electrons. The number of thioether (sulfide) groups is 1. The summed E-state index contributed by atoms with van der Waals surface area (Å²) in [6.45, 7) is 2.18. The van der Waals surface area contributed by atoms with Gasteiger partial charge < -0.3 is 21.3 Å². The Balaban J connectivity index is 1.60. The van der Waals surface area contributed by atoms with Crippen molar-refractivity contribution in [3.05, 3.63) is 23.9 Å². The monoisotopic (exact) mass is 404 g/mol. The molecule has 3 atom stereocenters. The fourth-order valence-corrected chi connectivity index (χ4v) is 4.90. The highest BCUT2D eigenvalue weighted by Gasteiger charge is 2.27. The molecule has 4 N–H and O–H groups in total. The van der Waals surface area contributed by atoms with E-state index in [1.54, 1.807) is 6.20 Å². The second-order valence-electron chi connectivity index (χ2n) is 7.61. The molecule has 3 rings (SSSR count). The highest BCUT2D eigenvalue weighted by atomic mass is 32.2. The number of rotatable bonds is 6. The van der Waals surface area contributed by atoms with E-state index in [1.165, 1.54) is 19.3 Å². The van der Waals surface area contributed by atoms with Gasteiger partial charge in [-0.1, -0.05) is 6.07 Å². The van der Waals surface area contributed by atoms with Gasteiger partial charge in [-0.05, 0) is 44.4 Å². The molecule has 8 heteroatoms. The molecule has 0 aromatic carbocycles. The highest BCUT2D eigenvalue weighted by molar-refractivity contribution is 7.99. The quantitative estimate of drug-likeness (QED) is 0.494. The minimum absolute atomic E-state index is 0.0993. The number of carbonyl (C=O) groups is 1. The van der Waals surface area contributed by atoms with Gasteiger partial charge in [-0.2, -0.15) is 11.8 Å². The molecule has 28 heavy (non-hydrogen) atoms. The number of primary amides is 1. The molecular formula is C20H32N6OS. The van der Waals surface area contributed by atoms with Crippen LogP contribution in [0, 0.1) is 5.92 Å². The van der Waals surface area contributed by atoms with E-state index in [-0.39, 0.29) is 11.8 Å². The van der Waals surface area contributed by atoms with Crippen LogP contribution >= 0.6 is 11.8 Å². The van der Waals surface area contributed by atoms with Gasteiger partial charge in [-0.3, -0.25) is 9.79 Å². The van der Waals surface area contributed by atoms with Crippen LogP contribution in [0.1, 0.15) is 37.7 Å². The van der Waals surface area contributed by atoms with Crippen LogP contribution in [0.25, 0.3) is 0 Å². The van der Waals surface area contributed by atoms with Gasteiger partial charge in [0, 0.05) is 49.7 Å². The van der Waals surface area contributed by atoms with Crippen molar-refractivity contribution < 1.29 is 4.79 Å². The minimum Gasteiger partial charge on any atom is -0.369 e.